The van der Waals surface area contributed by atoms with E-state index in [1.165, 1.54) is 27.3 Å². The van der Waals surface area contributed by atoms with E-state index in [1.807, 2.05) is 25.1 Å². The number of hydrogen-bond acceptors (Lipinski definition) is 8. The van der Waals surface area contributed by atoms with Gasteiger partial charge >= 0.3 is 18.4 Å². The monoisotopic (exact) mass is 837 g/mol. The number of nitrogens with zero attached hydrogens (tertiary/aromatic N) is 6. The third kappa shape index (κ3) is 9.28. The second-order valence-corrected chi connectivity index (χ2v) is 12.4. The fourth-order valence-electron chi connectivity index (χ4n) is 6.07. The average Bonchev–Trinajstić information content (AvgIpc) is 3.37. The van der Waals surface area contributed by atoms with Crippen molar-refractivity contribution < 1.29 is 77.7 Å². The summed E-state index contributed by atoms with van der Waals surface area (Å²) in [5, 5.41) is 0. The molecule has 4 aromatic rings. The number of halogens is 7. The summed E-state index contributed by atoms with van der Waals surface area (Å²) < 4.78 is 107. The van der Waals surface area contributed by atoms with Crippen LogP contribution in [0.2, 0.25) is 0 Å². The van der Waals surface area contributed by atoms with Gasteiger partial charge in [0.15, 0.2) is 0 Å². The number of anilines is 1. The summed E-state index contributed by atoms with van der Waals surface area (Å²) in [5.74, 6) is 4.81. The molecule has 0 saturated carbocycles. The Kier molecular flexibility index (Phi) is 13.6. The third-order valence-corrected chi connectivity index (χ3v) is 8.77. The van der Waals surface area contributed by atoms with Crippen LogP contribution in [0.4, 0.5) is 41.5 Å². The van der Waals surface area contributed by atoms with Crippen LogP contribution in [0.5, 0.6) is 5.88 Å². The molecule has 2 aliphatic heterocycles. The van der Waals surface area contributed by atoms with E-state index < -0.39 is 53.5 Å². The molecule has 0 spiro atoms. The molecule has 11 nitrogen and oxygen atoms in total. The van der Waals surface area contributed by atoms with Crippen LogP contribution in [-0.2, 0) is 62.9 Å². The second-order valence-electron chi connectivity index (χ2n) is 12.4. The van der Waals surface area contributed by atoms with Gasteiger partial charge in [0, 0.05) is 61.8 Å². The van der Waals surface area contributed by atoms with Crippen LogP contribution >= 0.6 is 0 Å². The number of amides is 1. The molecular formula is C35H35F7N8O3Y-2. The fraction of sp³-hybridized carbons (Fsp3) is 0.371. The Morgan fingerprint density at radius 3 is 2.15 bits per heavy atom. The first-order chi connectivity index (χ1) is 25.0. The normalized spacial score (nSPS) is 17.3. The Morgan fingerprint density at radius 1 is 0.981 bits per heavy atom. The summed E-state index contributed by atoms with van der Waals surface area (Å²) in [5.41, 5.74) is 11.4. The molecule has 2 fully saturated rings. The maximum Gasteiger partial charge on any atom is 0.416 e. The zero-order valence-corrected chi connectivity index (χ0v) is 32.3. The van der Waals surface area contributed by atoms with E-state index in [9.17, 15) is 35.5 Å². The van der Waals surface area contributed by atoms with Crippen molar-refractivity contribution in [1.82, 2.24) is 19.9 Å². The van der Waals surface area contributed by atoms with Gasteiger partial charge in [-0.2, -0.15) is 33.4 Å². The number of pyridine rings is 1. The number of hydrogen-bond donors (Lipinski definition) is 1. The minimum Gasteiger partial charge on any atom is -0.674 e. The number of rotatable bonds is 8. The molecule has 1 amide bonds. The number of aryl methyl sites for hydroxylation is 1. The van der Waals surface area contributed by atoms with Gasteiger partial charge in [-0.25, -0.2) is 24.1 Å². The number of carbonyl (C=O) groups is 1. The van der Waals surface area contributed by atoms with Crippen LogP contribution in [0, 0.1) is 6.92 Å². The zero-order chi connectivity index (χ0) is 38.8. The van der Waals surface area contributed by atoms with E-state index >= 15 is 0 Å². The first kappa shape index (κ1) is 42.8. The van der Waals surface area contributed by atoms with E-state index in [1.54, 1.807) is 17.2 Å². The maximum atomic E-state index is 13.8. The van der Waals surface area contributed by atoms with Gasteiger partial charge in [-0.1, -0.05) is 23.8 Å². The van der Waals surface area contributed by atoms with Crippen molar-refractivity contribution in [3.8, 4) is 28.1 Å². The molecule has 2 aromatic heterocycles. The van der Waals surface area contributed by atoms with Crippen molar-refractivity contribution in [3.05, 3.63) is 99.5 Å². The smallest absolute Gasteiger partial charge is 0.416 e. The largest absolute Gasteiger partial charge is 0.674 e. The molecule has 19 heteroatoms. The Hall–Kier alpha value is -3.97. The first-order valence-electron chi connectivity index (χ1n) is 16.1. The third-order valence-electron chi connectivity index (χ3n) is 8.77. The van der Waals surface area contributed by atoms with Gasteiger partial charge in [0.05, 0.1) is 49.6 Å². The molecule has 0 unspecified atom stereocenters. The Bertz CT molecular complexity index is 1930. The summed E-state index contributed by atoms with van der Waals surface area (Å²) in [4.78, 5) is 29.5. The van der Waals surface area contributed by atoms with Gasteiger partial charge in [0.25, 0.3) is 0 Å². The summed E-state index contributed by atoms with van der Waals surface area (Å²) in [7, 11) is 2.94. The number of ether oxygens (including phenoxy) is 2. The fourth-order valence-corrected chi connectivity index (χ4v) is 6.07. The molecule has 4 heterocycles. The Morgan fingerprint density at radius 2 is 1.61 bits per heavy atom. The Labute approximate surface area is 331 Å². The first-order valence-corrected chi connectivity index (χ1v) is 16.1. The molecule has 2 aliphatic rings. The maximum absolute atomic E-state index is 13.8. The van der Waals surface area contributed by atoms with E-state index in [0.717, 1.165) is 21.6 Å². The number of carbonyl (C=O) groups excluding carboxylic acids is 1. The van der Waals surface area contributed by atoms with E-state index in [0.29, 0.717) is 28.8 Å². The minimum atomic E-state index is -5.09. The number of nitrogens with one attached hydrogen (secondary N) is 1. The molecule has 0 aliphatic carbocycles. The van der Waals surface area contributed by atoms with Gasteiger partial charge in [-0.15, -0.1) is 6.54 Å². The molecule has 287 valence electrons. The van der Waals surface area contributed by atoms with Crippen LogP contribution < -0.4 is 15.5 Å². The van der Waals surface area contributed by atoms with Crippen LogP contribution in [-0.4, -0.2) is 65.4 Å². The quantitative estimate of drug-likeness (QED) is 0.106. The van der Waals surface area contributed by atoms with E-state index in [4.69, 9.17) is 15.2 Å². The summed E-state index contributed by atoms with van der Waals surface area (Å²) in [6, 6.07) is 7.42. The predicted molar refractivity (Wildman–Crippen MR) is 181 cm³/mol. The molecular weight excluding hydrogens is 802 g/mol. The molecule has 6 rings (SSSR count). The van der Waals surface area contributed by atoms with Gasteiger partial charge in [-0.3, -0.25) is 4.90 Å². The SMILES string of the molecule is COc1ncc(-c2ccc(C[NH-])cc2C)cc1-c1cnc(N2CC(F)C2)nc1CN1C(=O)O[C@H](c2cc(C(F)(F)F)cc(C(F)(F)F)c2)[C@@H]1C.C[N-]N.[Y]. The Balaban J connectivity index is 0.00000157. The van der Waals surface area contributed by atoms with E-state index in [2.05, 4.69) is 26.2 Å². The number of aromatic nitrogens is 3. The minimum absolute atomic E-state index is 0. The van der Waals surface area contributed by atoms with Crippen LogP contribution in [0.1, 0.15) is 46.5 Å². The molecule has 2 aromatic carbocycles. The second kappa shape index (κ2) is 17.2. The summed E-state index contributed by atoms with van der Waals surface area (Å²) >= 11 is 0. The van der Waals surface area contributed by atoms with Crippen LogP contribution in [0.25, 0.3) is 33.4 Å². The number of methoxy groups -OCH3 is 1. The van der Waals surface area contributed by atoms with Crippen molar-refractivity contribution in [3.63, 3.8) is 0 Å². The standard InChI is InChI=1S/C34H30F7N6O3.CH5N2.Y/c1-17-6-19(11-42)4-5-25(17)21-9-26(30(49-3)43-12-21)27-13-44-31(46-14-24(35)15-46)45-28(27)16-47-18(2)29(50-32(47)48)20-7-22(33(36,37)38)10-23(8-20)34(39,40)41;1-3-2;/h4-10,12-13,18,24,29,42H,11,14-16H2,1-3H3;2H2,1H3;/q2*-1;/t18-,29-;;/m0../s1. The number of alkyl halides is 7. The van der Waals surface area contributed by atoms with E-state index in [-0.39, 0.29) is 82.5 Å². The zero-order valence-electron chi connectivity index (χ0n) is 29.5. The van der Waals surface area contributed by atoms with Crippen molar-refractivity contribution in [2.45, 2.75) is 57.6 Å². The molecule has 1 radical (unpaired) electrons. The molecule has 3 N–H and O–H groups in total. The topological polar surface area (TPSA) is 145 Å². The van der Waals surface area contributed by atoms with Gasteiger partial charge < -0.3 is 31.4 Å². The number of cyclic esters (lactones) is 1. The molecule has 2 saturated heterocycles. The number of nitrogens with two attached hydrogens (primary N) is 1. The van der Waals surface area contributed by atoms with Crippen LogP contribution in [0.3, 0.4) is 0 Å². The van der Waals surface area contributed by atoms with Crippen molar-refractivity contribution in [2.75, 3.05) is 32.1 Å². The molecule has 2 atom stereocenters. The summed E-state index contributed by atoms with van der Waals surface area (Å²) in [6.45, 7) is 3.22. The number of benzene rings is 2. The molecule has 54 heavy (non-hydrogen) atoms. The predicted octanol–water partition coefficient (Wildman–Crippen LogP) is 8.21. The average molecular weight is 838 g/mol. The van der Waals surface area contributed by atoms with Crippen molar-refractivity contribution >= 4 is 12.0 Å². The van der Waals surface area contributed by atoms with Gasteiger partial charge in [0.2, 0.25) is 11.8 Å². The van der Waals surface area contributed by atoms with Crippen LogP contribution in [0.15, 0.2) is 54.9 Å². The van der Waals surface area contributed by atoms with Crippen molar-refractivity contribution in [1.29, 1.82) is 0 Å². The summed E-state index contributed by atoms with van der Waals surface area (Å²) in [6.07, 6.45) is -10.7. The molecule has 0 bridgehead atoms. The van der Waals surface area contributed by atoms with Gasteiger partial charge in [-0.05, 0) is 54.8 Å². The van der Waals surface area contributed by atoms with Crippen molar-refractivity contribution in [2.24, 2.45) is 5.84 Å². The van der Waals surface area contributed by atoms with Gasteiger partial charge in [0.1, 0.15) is 12.3 Å².